The minimum atomic E-state index is 0.00487. The van der Waals surface area contributed by atoms with E-state index < -0.39 is 0 Å². The lowest BCUT2D eigenvalue weighted by atomic mass is 9.98. The van der Waals surface area contributed by atoms with E-state index in [1.54, 1.807) is 10.6 Å². The number of hydrogen-bond acceptors (Lipinski definition) is 4. The maximum Gasteiger partial charge on any atom is 0.259 e. The molecule has 150 valence electrons. The Morgan fingerprint density at radius 2 is 2.03 bits per heavy atom. The van der Waals surface area contributed by atoms with Crippen LogP contribution in [-0.4, -0.2) is 25.9 Å². The van der Waals surface area contributed by atoms with E-state index in [1.165, 1.54) is 0 Å². The molecule has 0 aliphatic rings. The first-order valence-electron chi connectivity index (χ1n) is 9.44. The summed E-state index contributed by atoms with van der Waals surface area (Å²) in [7, 11) is 1.81. The summed E-state index contributed by atoms with van der Waals surface area (Å²) in [4.78, 5) is 17.3. The first-order chi connectivity index (χ1) is 13.9. The van der Waals surface area contributed by atoms with Crippen LogP contribution in [0.2, 0.25) is 5.15 Å². The number of halogens is 2. The Bertz CT molecular complexity index is 1290. The Morgan fingerprint density at radius 1 is 1.24 bits per heavy atom. The second-order valence-electron chi connectivity index (χ2n) is 7.06. The SMILES string of the molecule is CCn1ncc2c3c(CCNc4ccc(Cl)nc4Br)cc(C)cc3c(=O)n(C)c21. The Labute approximate surface area is 181 Å². The van der Waals surface area contributed by atoms with Crippen molar-refractivity contribution in [1.29, 1.82) is 0 Å². The third kappa shape index (κ3) is 3.53. The van der Waals surface area contributed by atoms with E-state index >= 15 is 0 Å². The number of aromatic nitrogens is 4. The maximum absolute atomic E-state index is 13.1. The van der Waals surface area contributed by atoms with Crippen LogP contribution in [0.1, 0.15) is 18.1 Å². The predicted octanol–water partition coefficient (Wildman–Crippen LogP) is 4.68. The summed E-state index contributed by atoms with van der Waals surface area (Å²) in [6, 6.07) is 7.77. The van der Waals surface area contributed by atoms with Crippen molar-refractivity contribution in [3.63, 3.8) is 0 Å². The van der Waals surface area contributed by atoms with E-state index in [0.717, 1.165) is 45.0 Å². The van der Waals surface area contributed by atoms with Crippen molar-refractivity contribution in [2.45, 2.75) is 26.8 Å². The first-order valence-corrected chi connectivity index (χ1v) is 10.6. The van der Waals surface area contributed by atoms with Gasteiger partial charge in [0.15, 0.2) is 0 Å². The number of rotatable bonds is 5. The molecule has 0 spiro atoms. The molecule has 0 fully saturated rings. The minimum Gasteiger partial charge on any atom is -0.383 e. The lowest BCUT2D eigenvalue weighted by Gasteiger charge is -2.14. The summed E-state index contributed by atoms with van der Waals surface area (Å²) >= 11 is 9.35. The second kappa shape index (κ2) is 7.80. The summed E-state index contributed by atoms with van der Waals surface area (Å²) in [5, 5.41) is 11.1. The highest BCUT2D eigenvalue weighted by molar-refractivity contribution is 9.10. The number of fused-ring (bicyclic) bond motifs is 3. The van der Waals surface area contributed by atoms with E-state index in [4.69, 9.17) is 11.6 Å². The molecule has 0 amide bonds. The van der Waals surface area contributed by atoms with E-state index in [-0.39, 0.29) is 5.56 Å². The highest BCUT2D eigenvalue weighted by atomic mass is 79.9. The van der Waals surface area contributed by atoms with Crippen LogP contribution in [0.3, 0.4) is 0 Å². The van der Waals surface area contributed by atoms with Crippen molar-refractivity contribution in [3.05, 3.63) is 61.7 Å². The molecule has 0 saturated carbocycles. The molecule has 1 aromatic carbocycles. The fourth-order valence-electron chi connectivity index (χ4n) is 3.84. The molecule has 1 N–H and O–H groups in total. The number of anilines is 1. The summed E-state index contributed by atoms with van der Waals surface area (Å²) < 4.78 is 4.25. The van der Waals surface area contributed by atoms with E-state index in [0.29, 0.717) is 22.8 Å². The Kier molecular flexibility index (Phi) is 5.36. The smallest absolute Gasteiger partial charge is 0.259 e. The van der Waals surface area contributed by atoms with E-state index in [9.17, 15) is 4.79 Å². The Balaban J connectivity index is 1.78. The normalized spacial score (nSPS) is 11.5. The monoisotopic (exact) mass is 473 g/mol. The topological polar surface area (TPSA) is 64.7 Å². The van der Waals surface area contributed by atoms with Gasteiger partial charge < -0.3 is 5.32 Å². The molecule has 3 aromatic heterocycles. The van der Waals surface area contributed by atoms with Crippen LogP contribution in [0.25, 0.3) is 21.8 Å². The van der Waals surface area contributed by atoms with Crippen molar-refractivity contribution in [3.8, 4) is 0 Å². The molecular formula is C21H21BrClN5O. The zero-order valence-corrected chi connectivity index (χ0v) is 18.8. The van der Waals surface area contributed by atoms with Crippen LogP contribution in [0, 0.1) is 6.92 Å². The van der Waals surface area contributed by atoms with Crippen molar-refractivity contribution in [1.82, 2.24) is 19.3 Å². The average Bonchev–Trinajstić information content (AvgIpc) is 3.11. The summed E-state index contributed by atoms with van der Waals surface area (Å²) in [6.45, 7) is 5.45. The van der Waals surface area contributed by atoms with E-state index in [1.807, 2.05) is 43.9 Å². The number of nitrogens with zero attached hydrogens (tertiary/aromatic N) is 4. The molecular weight excluding hydrogens is 454 g/mol. The summed E-state index contributed by atoms with van der Waals surface area (Å²) in [5.41, 5.74) is 3.94. The molecule has 29 heavy (non-hydrogen) atoms. The van der Waals surface area contributed by atoms with Gasteiger partial charge in [0.25, 0.3) is 5.56 Å². The highest BCUT2D eigenvalue weighted by Gasteiger charge is 2.16. The van der Waals surface area contributed by atoms with Crippen molar-refractivity contribution in [2.75, 3.05) is 11.9 Å². The quantitative estimate of drug-likeness (QED) is 0.427. The zero-order valence-electron chi connectivity index (χ0n) is 16.5. The number of aryl methyl sites for hydroxylation is 3. The first kappa shape index (κ1) is 19.9. The molecule has 0 unspecified atom stereocenters. The predicted molar refractivity (Wildman–Crippen MR) is 122 cm³/mol. The maximum atomic E-state index is 13.1. The molecule has 6 nitrogen and oxygen atoms in total. The number of nitrogens with one attached hydrogen (secondary N) is 1. The molecule has 3 heterocycles. The third-order valence-electron chi connectivity index (χ3n) is 5.12. The summed E-state index contributed by atoms with van der Waals surface area (Å²) in [5.74, 6) is 0. The molecule has 0 saturated heterocycles. The lowest BCUT2D eigenvalue weighted by Crippen LogP contribution is -2.20. The van der Waals surface area contributed by atoms with Gasteiger partial charge >= 0.3 is 0 Å². The van der Waals surface area contributed by atoms with Crippen LogP contribution >= 0.6 is 27.5 Å². The molecule has 0 aliphatic heterocycles. The number of benzene rings is 1. The summed E-state index contributed by atoms with van der Waals surface area (Å²) in [6.07, 6.45) is 2.62. The molecule has 0 aliphatic carbocycles. The molecule has 4 rings (SSSR count). The van der Waals surface area contributed by atoms with Crippen LogP contribution in [0.15, 0.2) is 39.9 Å². The van der Waals surface area contributed by atoms with Gasteiger partial charge in [-0.25, -0.2) is 9.67 Å². The van der Waals surface area contributed by atoms with Gasteiger partial charge in [-0.3, -0.25) is 9.36 Å². The van der Waals surface area contributed by atoms with Crippen LogP contribution in [-0.2, 0) is 20.0 Å². The zero-order chi connectivity index (χ0) is 20.7. The molecule has 0 bridgehead atoms. The van der Waals surface area contributed by atoms with Gasteiger partial charge in [0.05, 0.1) is 11.9 Å². The van der Waals surface area contributed by atoms with Crippen LogP contribution < -0.4 is 10.9 Å². The highest BCUT2D eigenvalue weighted by Crippen LogP contribution is 2.28. The lowest BCUT2D eigenvalue weighted by molar-refractivity contribution is 0.659. The largest absolute Gasteiger partial charge is 0.383 e. The van der Waals surface area contributed by atoms with Gasteiger partial charge in [-0.2, -0.15) is 5.10 Å². The fourth-order valence-corrected chi connectivity index (χ4v) is 4.55. The third-order valence-corrected chi connectivity index (χ3v) is 5.94. The van der Waals surface area contributed by atoms with Crippen LogP contribution in [0.5, 0.6) is 0 Å². The number of hydrogen-bond donors (Lipinski definition) is 1. The molecule has 4 aromatic rings. The Morgan fingerprint density at radius 3 is 2.76 bits per heavy atom. The van der Waals surface area contributed by atoms with Gasteiger partial charge in [-0.1, -0.05) is 23.2 Å². The molecule has 8 heteroatoms. The van der Waals surface area contributed by atoms with Gasteiger partial charge in [0, 0.05) is 36.3 Å². The molecule has 0 atom stereocenters. The van der Waals surface area contributed by atoms with Crippen LogP contribution in [0.4, 0.5) is 5.69 Å². The fraction of sp³-hybridized carbons (Fsp3) is 0.286. The van der Waals surface area contributed by atoms with Crippen molar-refractivity contribution < 1.29 is 0 Å². The van der Waals surface area contributed by atoms with Gasteiger partial charge in [-0.05, 0) is 60.0 Å². The van der Waals surface area contributed by atoms with Gasteiger partial charge in [0.2, 0.25) is 0 Å². The van der Waals surface area contributed by atoms with Crippen molar-refractivity contribution >= 4 is 55.0 Å². The standard InChI is InChI=1S/C21H21BrClN5O/c1-4-28-20-15(11-25-28)18-13(9-12(2)10-14(18)21(29)27(20)3)7-8-24-16-5-6-17(23)26-19(16)22/h5-6,9-11,24H,4,7-8H2,1-3H3. The minimum absolute atomic E-state index is 0.00487. The average molecular weight is 475 g/mol. The van der Waals surface area contributed by atoms with Gasteiger partial charge in [-0.15, -0.1) is 0 Å². The van der Waals surface area contributed by atoms with Gasteiger partial charge in [0.1, 0.15) is 15.4 Å². The molecule has 0 radical (unpaired) electrons. The second-order valence-corrected chi connectivity index (χ2v) is 8.20. The number of pyridine rings is 2. The Hall–Kier alpha value is -2.38. The van der Waals surface area contributed by atoms with Crippen molar-refractivity contribution in [2.24, 2.45) is 7.05 Å². The van der Waals surface area contributed by atoms with E-state index in [2.05, 4.69) is 37.4 Å².